The van der Waals surface area contributed by atoms with Crippen LogP contribution < -0.4 is 5.32 Å². The molecule has 3 nitrogen and oxygen atoms in total. The van der Waals surface area contributed by atoms with Crippen molar-refractivity contribution in [2.75, 3.05) is 26.7 Å². The Morgan fingerprint density at radius 1 is 1.11 bits per heavy atom. The summed E-state index contributed by atoms with van der Waals surface area (Å²) in [6.07, 6.45) is 10.3. The van der Waals surface area contributed by atoms with Crippen molar-refractivity contribution in [3.63, 3.8) is 0 Å². The van der Waals surface area contributed by atoms with E-state index in [9.17, 15) is 0 Å². The molecule has 3 heteroatoms. The van der Waals surface area contributed by atoms with Crippen molar-refractivity contribution in [3.05, 3.63) is 0 Å². The lowest BCUT2D eigenvalue weighted by atomic mass is 9.78. The fraction of sp³-hybridized carbons (Fsp3) is 1.00. The van der Waals surface area contributed by atoms with Gasteiger partial charge >= 0.3 is 0 Å². The molecule has 3 fully saturated rings. The van der Waals surface area contributed by atoms with Gasteiger partial charge in [0.15, 0.2) is 0 Å². The number of rotatable bonds is 3. The predicted octanol–water partition coefficient (Wildman–Crippen LogP) is 2.02. The second-order valence-corrected chi connectivity index (χ2v) is 6.50. The van der Waals surface area contributed by atoms with Crippen LogP contribution in [0.25, 0.3) is 0 Å². The Kier molecular flexibility index (Phi) is 4.22. The highest BCUT2D eigenvalue weighted by Gasteiger charge is 2.33. The van der Waals surface area contributed by atoms with Crippen LogP contribution in [0.15, 0.2) is 0 Å². The first-order valence-electron chi connectivity index (χ1n) is 7.86. The van der Waals surface area contributed by atoms with Gasteiger partial charge in [-0.3, -0.25) is 4.90 Å². The van der Waals surface area contributed by atoms with Gasteiger partial charge in [0.1, 0.15) is 0 Å². The van der Waals surface area contributed by atoms with Gasteiger partial charge in [0.2, 0.25) is 0 Å². The summed E-state index contributed by atoms with van der Waals surface area (Å²) in [4.78, 5) is 2.59. The molecular weight excluding hydrogens is 224 g/mol. The summed E-state index contributed by atoms with van der Waals surface area (Å²) in [6.45, 7) is 3.61. The lowest BCUT2D eigenvalue weighted by Gasteiger charge is -2.41. The Balaban J connectivity index is 1.46. The highest BCUT2D eigenvalue weighted by molar-refractivity contribution is 4.91. The molecule has 0 bridgehead atoms. The molecule has 4 unspecified atom stereocenters. The van der Waals surface area contributed by atoms with Crippen LogP contribution in [0, 0.1) is 5.92 Å². The van der Waals surface area contributed by atoms with E-state index in [-0.39, 0.29) is 0 Å². The zero-order chi connectivity index (χ0) is 12.4. The van der Waals surface area contributed by atoms with Gasteiger partial charge < -0.3 is 10.1 Å². The summed E-state index contributed by atoms with van der Waals surface area (Å²) < 4.78 is 5.45. The van der Waals surface area contributed by atoms with Crippen molar-refractivity contribution in [2.45, 2.75) is 63.1 Å². The molecule has 0 aromatic carbocycles. The largest absolute Gasteiger partial charge is 0.380 e. The van der Waals surface area contributed by atoms with Gasteiger partial charge in [0, 0.05) is 38.8 Å². The summed E-state index contributed by atoms with van der Waals surface area (Å²) in [7, 11) is 1.85. The van der Waals surface area contributed by atoms with Crippen LogP contribution in [0.5, 0.6) is 0 Å². The third kappa shape index (κ3) is 2.89. The smallest absolute Gasteiger partial charge is 0.0710 e. The Morgan fingerprint density at radius 3 is 2.83 bits per heavy atom. The van der Waals surface area contributed by atoms with Gasteiger partial charge in [-0.15, -0.1) is 0 Å². The first-order chi connectivity index (χ1) is 8.85. The maximum absolute atomic E-state index is 5.45. The summed E-state index contributed by atoms with van der Waals surface area (Å²) in [6, 6.07) is 1.57. The standard InChI is InChI=1S/C15H28N2O/c1-18-14-8-9-17(11-14)10-13-7-6-12-4-2-3-5-15(12)16-13/h12-16H,2-11H2,1H3. The average Bonchev–Trinajstić information content (AvgIpc) is 2.86. The number of nitrogens with one attached hydrogen (secondary N) is 1. The first kappa shape index (κ1) is 12.9. The van der Waals surface area contributed by atoms with Crippen LogP contribution in [-0.2, 0) is 4.74 Å². The molecule has 1 N–H and O–H groups in total. The fourth-order valence-corrected chi connectivity index (χ4v) is 4.18. The molecule has 3 rings (SSSR count). The van der Waals surface area contributed by atoms with Crippen molar-refractivity contribution in [1.82, 2.24) is 10.2 Å². The van der Waals surface area contributed by atoms with E-state index in [4.69, 9.17) is 4.74 Å². The monoisotopic (exact) mass is 252 g/mol. The molecule has 2 heterocycles. The minimum absolute atomic E-state index is 0.482. The Morgan fingerprint density at radius 2 is 2.00 bits per heavy atom. The first-order valence-corrected chi connectivity index (χ1v) is 7.86. The van der Waals surface area contributed by atoms with Crippen LogP contribution in [-0.4, -0.2) is 49.8 Å². The lowest BCUT2D eigenvalue weighted by molar-refractivity contribution is 0.102. The molecule has 3 aliphatic rings. The van der Waals surface area contributed by atoms with Crippen molar-refractivity contribution in [1.29, 1.82) is 0 Å². The van der Waals surface area contributed by atoms with Gasteiger partial charge in [-0.2, -0.15) is 0 Å². The number of piperidine rings is 1. The highest BCUT2D eigenvalue weighted by atomic mass is 16.5. The van der Waals surface area contributed by atoms with Gasteiger partial charge in [0.05, 0.1) is 6.10 Å². The predicted molar refractivity (Wildman–Crippen MR) is 73.8 cm³/mol. The molecule has 1 saturated carbocycles. The van der Waals surface area contributed by atoms with Crippen LogP contribution in [0.3, 0.4) is 0 Å². The molecule has 0 amide bonds. The second-order valence-electron chi connectivity index (χ2n) is 6.50. The number of methoxy groups -OCH3 is 1. The van der Waals surface area contributed by atoms with Crippen LogP contribution in [0.1, 0.15) is 44.9 Å². The Labute approximate surface area is 111 Å². The van der Waals surface area contributed by atoms with Crippen molar-refractivity contribution in [3.8, 4) is 0 Å². The molecule has 4 atom stereocenters. The number of hydrogen-bond acceptors (Lipinski definition) is 3. The number of ether oxygens (including phenoxy) is 1. The Hall–Kier alpha value is -0.120. The van der Waals surface area contributed by atoms with Crippen molar-refractivity contribution >= 4 is 0 Å². The van der Waals surface area contributed by atoms with E-state index in [1.165, 1.54) is 58.0 Å². The van der Waals surface area contributed by atoms with E-state index in [1.54, 1.807) is 0 Å². The zero-order valence-electron chi connectivity index (χ0n) is 11.7. The van der Waals surface area contributed by atoms with Gasteiger partial charge in [-0.05, 0) is 38.0 Å². The van der Waals surface area contributed by atoms with Crippen molar-refractivity contribution in [2.24, 2.45) is 5.92 Å². The number of likely N-dealkylation sites (tertiary alicyclic amines) is 1. The summed E-state index contributed by atoms with van der Waals surface area (Å²) in [5.74, 6) is 0.986. The molecule has 2 aliphatic heterocycles. The van der Waals surface area contributed by atoms with Gasteiger partial charge in [0.25, 0.3) is 0 Å². The minimum Gasteiger partial charge on any atom is -0.380 e. The molecule has 0 radical (unpaired) electrons. The molecule has 0 aromatic heterocycles. The van der Waals surface area contributed by atoms with E-state index in [0.717, 1.165) is 24.5 Å². The third-order valence-electron chi connectivity index (χ3n) is 5.29. The Bertz CT molecular complexity index is 271. The second kappa shape index (κ2) is 5.89. The lowest BCUT2D eigenvalue weighted by Crippen LogP contribution is -2.52. The summed E-state index contributed by atoms with van der Waals surface area (Å²) in [5.41, 5.74) is 0. The molecule has 104 valence electrons. The molecule has 2 saturated heterocycles. The molecule has 0 spiro atoms. The quantitative estimate of drug-likeness (QED) is 0.831. The van der Waals surface area contributed by atoms with E-state index >= 15 is 0 Å². The van der Waals surface area contributed by atoms with Crippen LogP contribution in [0.2, 0.25) is 0 Å². The van der Waals surface area contributed by atoms with E-state index in [1.807, 2.05) is 7.11 Å². The van der Waals surface area contributed by atoms with E-state index < -0.39 is 0 Å². The molecule has 1 aliphatic carbocycles. The van der Waals surface area contributed by atoms with Gasteiger partial charge in [-0.25, -0.2) is 0 Å². The SMILES string of the molecule is COC1CCN(CC2CCC3CCCCC3N2)C1. The van der Waals surface area contributed by atoms with Crippen molar-refractivity contribution < 1.29 is 4.74 Å². The third-order valence-corrected chi connectivity index (χ3v) is 5.29. The molecule has 18 heavy (non-hydrogen) atoms. The maximum atomic E-state index is 5.45. The number of nitrogens with zero attached hydrogens (tertiary/aromatic N) is 1. The van der Waals surface area contributed by atoms with Crippen LogP contribution in [0.4, 0.5) is 0 Å². The fourth-order valence-electron chi connectivity index (χ4n) is 4.18. The number of fused-ring (bicyclic) bond motifs is 1. The highest BCUT2D eigenvalue weighted by Crippen LogP contribution is 2.32. The van der Waals surface area contributed by atoms with E-state index in [2.05, 4.69) is 10.2 Å². The topological polar surface area (TPSA) is 24.5 Å². The minimum atomic E-state index is 0.482. The average molecular weight is 252 g/mol. The summed E-state index contributed by atoms with van der Waals surface area (Å²) in [5, 5.41) is 3.93. The van der Waals surface area contributed by atoms with E-state index in [0.29, 0.717) is 6.10 Å². The molecular formula is C15H28N2O. The normalized spacial score (nSPS) is 41.8. The van der Waals surface area contributed by atoms with Crippen LogP contribution >= 0.6 is 0 Å². The molecule has 0 aromatic rings. The number of hydrogen-bond donors (Lipinski definition) is 1. The zero-order valence-corrected chi connectivity index (χ0v) is 11.7. The summed E-state index contributed by atoms with van der Waals surface area (Å²) >= 11 is 0. The van der Waals surface area contributed by atoms with Gasteiger partial charge in [-0.1, -0.05) is 12.8 Å². The maximum Gasteiger partial charge on any atom is 0.0710 e.